The van der Waals surface area contributed by atoms with Crippen molar-refractivity contribution >= 4 is 11.9 Å². The summed E-state index contributed by atoms with van der Waals surface area (Å²) in [5.41, 5.74) is 0.760. The van der Waals surface area contributed by atoms with Gasteiger partial charge in [-0.25, -0.2) is 0 Å². The van der Waals surface area contributed by atoms with Crippen LogP contribution in [0.3, 0.4) is 0 Å². The topological polar surface area (TPSA) is 113 Å². The van der Waals surface area contributed by atoms with E-state index in [1.807, 2.05) is 30.3 Å². The summed E-state index contributed by atoms with van der Waals surface area (Å²) in [6.07, 6.45) is -3.96. The second-order valence-corrected chi connectivity index (χ2v) is 9.06. The van der Waals surface area contributed by atoms with Gasteiger partial charge < -0.3 is 33.6 Å². The molecule has 3 saturated heterocycles. The normalized spacial score (nSPS) is 33.4. The van der Waals surface area contributed by atoms with Crippen LogP contribution in [0.5, 0.6) is 0 Å². The van der Waals surface area contributed by atoms with Crippen molar-refractivity contribution in [3.8, 4) is 0 Å². The molecule has 0 unspecified atom stereocenters. The molecule has 1 N–H and O–H groups in total. The van der Waals surface area contributed by atoms with Crippen LogP contribution in [0, 0.1) is 0 Å². The number of fused-ring (bicyclic) bond motifs is 3. The highest BCUT2D eigenvalue weighted by Crippen LogP contribution is 2.45. The van der Waals surface area contributed by atoms with Gasteiger partial charge in [0.25, 0.3) is 0 Å². The van der Waals surface area contributed by atoms with Gasteiger partial charge in [0.1, 0.15) is 24.4 Å². The summed E-state index contributed by atoms with van der Waals surface area (Å²) >= 11 is 0. The molecule has 10 nitrogen and oxygen atoms in total. The van der Waals surface area contributed by atoms with Crippen LogP contribution in [0.4, 0.5) is 0 Å². The van der Waals surface area contributed by atoms with E-state index in [1.54, 1.807) is 27.7 Å². The van der Waals surface area contributed by atoms with E-state index in [2.05, 4.69) is 0 Å². The average Bonchev–Trinajstić information content (AvgIpc) is 3.16. The lowest BCUT2D eigenvalue weighted by Gasteiger charge is -2.41. The number of carboxylic acids is 1. The molecule has 0 radical (unpaired) electrons. The van der Waals surface area contributed by atoms with Gasteiger partial charge in [0.15, 0.2) is 23.9 Å². The van der Waals surface area contributed by atoms with Crippen LogP contribution < -0.4 is 0 Å². The lowest BCUT2D eigenvalue weighted by atomic mass is 9.93. The minimum Gasteiger partial charge on any atom is -0.480 e. The van der Waals surface area contributed by atoms with Gasteiger partial charge in [0.05, 0.1) is 6.54 Å². The minimum atomic E-state index is -1.39. The minimum absolute atomic E-state index is 0.0375. The summed E-state index contributed by atoms with van der Waals surface area (Å²) in [4.78, 5) is 29.7. The first-order valence-corrected chi connectivity index (χ1v) is 10.5. The maximum absolute atomic E-state index is 12.5. The van der Waals surface area contributed by atoms with Gasteiger partial charge in [0, 0.05) is 6.92 Å². The first-order chi connectivity index (χ1) is 15.0. The third-order valence-electron chi connectivity index (χ3n) is 5.49. The van der Waals surface area contributed by atoms with Crippen LogP contribution in [-0.4, -0.2) is 70.4 Å². The fourth-order valence-corrected chi connectivity index (χ4v) is 4.44. The van der Waals surface area contributed by atoms with E-state index in [0.29, 0.717) is 0 Å². The van der Waals surface area contributed by atoms with Crippen molar-refractivity contribution in [2.24, 2.45) is 0 Å². The number of hydroxylamine groups is 2. The zero-order chi connectivity index (χ0) is 23.3. The third-order valence-corrected chi connectivity index (χ3v) is 5.49. The van der Waals surface area contributed by atoms with Crippen LogP contribution in [0.1, 0.15) is 40.2 Å². The zero-order valence-electron chi connectivity index (χ0n) is 18.7. The highest BCUT2D eigenvalue weighted by Gasteiger charge is 2.63. The first-order valence-electron chi connectivity index (χ1n) is 10.5. The predicted molar refractivity (Wildman–Crippen MR) is 108 cm³/mol. The van der Waals surface area contributed by atoms with Gasteiger partial charge in [0.2, 0.25) is 0 Å². The molecule has 10 heteroatoms. The number of carbonyl (C=O) groups excluding carboxylic acids is 1. The Balaban J connectivity index is 1.69. The highest BCUT2D eigenvalue weighted by atomic mass is 16.9. The van der Waals surface area contributed by atoms with E-state index < -0.39 is 60.3 Å². The molecule has 0 amide bonds. The number of nitrogens with zero attached hydrogens (tertiary/aromatic N) is 1. The van der Waals surface area contributed by atoms with Crippen molar-refractivity contribution < 1.29 is 43.2 Å². The summed E-state index contributed by atoms with van der Waals surface area (Å²) < 4.78 is 30.1. The van der Waals surface area contributed by atoms with Gasteiger partial charge >= 0.3 is 11.9 Å². The highest BCUT2D eigenvalue weighted by molar-refractivity contribution is 5.75. The summed E-state index contributed by atoms with van der Waals surface area (Å²) in [5, 5.41) is 11.3. The molecule has 0 spiro atoms. The van der Waals surface area contributed by atoms with Crippen molar-refractivity contribution in [3.63, 3.8) is 0 Å². The molecule has 1 aromatic rings. The third kappa shape index (κ3) is 4.66. The Morgan fingerprint density at radius 2 is 1.59 bits per heavy atom. The first kappa shape index (κ1) is 23.1. The largest absolute Gasteiger partial charge is 0.480 e. The monoisotopic (exact) mass is 451 g/mol. The van der Waals surface area contributed by atoms with Crippen LogP contribution in [-0.2, 0) is 44.7 Å². The van der Waals surface area contributed by atoms with Crippen molar-refractivity contribution in [2.45, 2.75) is 89.5 Å². The van der Waals surface area contributed by atoms with E-state index in [1.165, 1.54) is 6.92 Å². The Bertz CT molecular complexity index is 858. The number of benzene rings is 1. The Kier molecular flexibility index (Phi) is 6.03. The van der Waals surface area contributed by atoms with Crippen molar-refractivity contribution in [1.29, 1.82) is 0 Å². The number of hydrogen-bond acceptors (Lipinski definition) is 9. The molecule has 32 heavy (non-hydrogen) atoms. The number of carboxylic acid groups (broad SMARTS) is 1. The Morgan fingerprint density at radius 1 is 1.00 bits per heavy atom. The number of aliphatic carboxylic acids is 1. The fraction of sp³-hybridized carbons (Fsp3) is 0.636. The molecular formula is C22H29NO9. The maximum atomic E-state index is 12.5. The van der Waals surface area contributed by atoms with Gasteiger partial charge in [-0.1, -0.05) is 30.3 Å². The molecule has 3 aliphatic heterocycles. The van der Waals surface area contributed by atoms with E-state index in [4.69, 9.17) is 28.5 Å². The molecule has 0 aromatic heterocycles. The Morgan fingerprint density at radius 3 is 2.22 bits per heavy atom. The zero-order valence-corrected chi connectivity index (χ0v) is 18.7. The van der Waals surface area contributed by atoms with Gasteiger partial charge in [-0.05, 0) is 33.3 Å². The molecule has 4 rings (SSSR count). The summed E-state index contributed by atoms with van der Waals surface area (Å²) in [6, 6.07) is 7.70. The van der Waals surface area contributed by atoms with Crippen molar-refractivity contribution in [3.05, 3.63) is 35.9 Å². The maximum Gasteiger partial charge on any atom is 0.327 e. The Labute approximate surface area is 186 Å². The van der Waals surface area contributed by atoms with E-state index in [0.717, 1.165) is 10.6 Å². The number of carbonyl (C=O) groups is 2. The quantitative estimate of drug-likeness (QED) is 0.643. The molecule has 6 atom stereocenters. The summed E-state index contributed by atoms with van der Waals surface area (Å²) in [6.45, 7) is 8.22. The molecule has 1 aromatic carbocycles. The molecular weight excluding hydrogens is 422 g/mol. The van der Waals surface area contributed by atoms with Crippen LogP contribution >= 0.6 is 0 Å². The summed E-state index contributed by atoms with van der Waals surface area (Å²) in [7, 11) is 0. The van der Waals surface area contributed by atoms with Crippen LogP contribution in [0.15, 0.2) is 30.3 Å². The molecule has 3 heterocycles. The molecule has 0 saturated carbocycles. The van der Waals surface area contributed by atoms with E-state index in [9.17, 15) is 14.7 Å². The van der Waals surface area contributed by atoms with Gasteiger partial charge in [-0.15, -0.1) is 5.06 Å². The second kappa shape index (κ2) is 8.36. The lowest BCUT2D eigenvalue weighted by molar-refractivity contribution is -0.273. The number of ether oxygens (including phenoxy) is 5. The van der Waals surface area contributed by atoms with E-state index >= 15 is 0 Å². The lowest BCUT2D eigenvalue weighted by Crippen LogP contribution is -2.63. The fourth-order valence-electron chi connectivity index (χ4n) is 4.44. The second-order valence-electron chi connectivity index (χ2n) is 9.06. The van der Waals surface area contributed by atoms with E-state index in [-0.39, 0.29) is 6.54 Å². The van der Waals surface area contributed by atoms with Gasteiger partial charge in [-0.2, -0.15) is 0 Å². The average molecular weight is 451 g/mol. The molecule has 3 aliphatic rings. The smallest absolute Gasteiger partial charge is 0.327 e. The van der Waals surface area contributed by atoms with Crippen LogP contribution in [0.25, 0.3) is 0 Å². The standard InChI is InChI=1S/C22H29NO9/c1-12(24)32-23(11-13-9-7-6-8-10-13)14(19(25)26)15-16-17(29-21(2,3)28-16)18-20(27-15)31-22(4,5)30-18/h6-10,14-18,20H,11H2,1-5H3,(H,25,26)/t14-,15-,16+,17+,18-,20-/m1/s1. The molecule has 0 aliphatic carbocycles. The number of hydrogen-bond donors (Lipinski definition) is 1. The van der Waals surface area contributed by atoms with Crippen molar-refractivity contribution in [2.75, 3.05) is 0 Å². The number of rotatable bonds is 6. The predicted octanol–water partition coefficient (Wildman–Crippen LogP) is 1.82. The molecule has 0 bridgehead atoms. The molecule has 3 fully saturated rings. The summed E-state index contributed by atoms with van der Waals surface area (Å²) in [5.74, 6) is -3.82. The van der Waals surface area contributed by atoms with Crippen molar-refractivity contribution in [1.82, 2.24) is 5.06 Å². The molecule has 176 valence electrons. The van der Waals surface area contributed by atoms with Gasteiger partial charge in [-0.3, -0.25) is 9.59 Å². The van der Waals surface area contributed by atoms with Crippen LogP contribution in [0.2, 0.25) is 0 Å². The SMILES string of the molecule is CC(=O)ON(Cc1ccccc1)[C@@H](C(=O)O)[C@H]1O[C@@H]2OC(C)(C)O[C@@H]2[C@H]2OC(C)(C)O[C@H]21. The Hall–Kier alpha value is -2.08.